The summed E-state index contributed by atoms with van der Waals surface area (Å²) in [5.41, 5.74) is 3.15. The molecule has 4 rings (SSSR count). The average molecular weight is 606 g/mol. The molecule has 3 aromatic carbocycles. The number of halogens is 1. The Morgan fingerprint density at radius 3 is 2.33 bits per heavy atom. The first-order valence-corrected chi connectivity index (χ1v) is 14.8. The third-order valence-corrected chi connectivity index (χ3v) is 7.70. The van der Waals surface area contributed by atoms with Crippen LogP contribution in [0.5, 0.6) is 5.75 Å². The maximum atomic E-state index is 13.8. The molecule has 0 bridgehead atoms. The standard InChI is InChI=1S/C33H40ClN5O4/c1-20(2)43-29-17-16-28(18-21(29)3)36-32-37-39(33(42)38(32)19-25-12-14-27(34)15-13-25)24(6)22(4)31(41)35-23(5)30(40)26-10-8-7-9-11-26/h7-18,20,22-24,30,40H,19H2,1-6H3,(H,35,41)(H,36,37)/t22-,23-,24-,30-/m1/s1. The minimum atomic E-state index is -0.867. The molecule has 0 aliphatic heterocycles. The van der Waals surface area contributed by atoms with Gasteiger partial charge in [-0.25, -0.2) is 14.5 Å². The summed E-state index contributed by atoms with van der Waals surface area (Å²) in [7, 11) is 0. The molecule has 9 nitrogen and oxygen atoms in total. The van der Waals surface area contributed by atoms with Crippen LogP contribution in [-0.2, 0) is 11.3 Å². The number of aliphatic hydroxyl groups excluding tert-OH is 1. The van der Waals surface area contributed by atoms with Gasteiger partial charge in [-0.1, -0.05) is 61.0 Å². The molecule has 0 radical (unpaired) electrons. The molecule has 0 spiro atoms. The summed E-state index contributed by atoms with van der Waals surface area (Å²) in [5, 5.41) is 17.4. The van der Waals surface area contributed by atoms with Crippen molar-refractivity contribution in [1.82, 2.24) is 19.7 Å². The highest BCUT2D eigenvalue weighted by Gasteiger charge is 2.27. The zero-order valence-corrected chi connectivity index (χ0v) is 26.2. The second kappa shape index (κ2) is 13.9. The Morgan fingerprint density at radius 2 is 1.70 bits per heavy atom. The lowest BCUT2D eigenvalue weighted by molar-refractivity contribution is -0.127. The normalized spacial score (nSPS) is 14.8. The van der Waals surface area contributed by atoms with E-state index in [1.807, 2.05) is 81.4 Å². The third kappa shape index (κ3) is 7.86. The molecule has 0 aliphatic carbocycles. The number of aromatic amines is 1. The minimum absolute atomic E-state index is 0.0404. The van der Waals surface area contributed by atoms with Gasteiger partial charge in [-0.3, -0.25) is 14.5 Å². The van der Waals surface area contributed by atoms with Crippen molar-refractivity contribution in [3.8, 4) is 5.75 Å². The summed E-state index contributed by atoms with van der Waals surface area (Å²) in [6, 6.07) is 21.0. The molecule has 4 aromatic rings. The van der Waals surface area contributed by atoms with Gasteiger partial charge in [0.2, 0.25) is 11.5 Å². The first-order valence-electron chi connectivity index (χ1n) is 14.5. The highest BCUT2D eigenvalue weighted by Crippen LogP contribution is 2.24. The summed E-state index contributed by atoms with van der Waals surface area (Å²) in [4.78, 5) is 31.8. The Balaban J connectivity index is 1.65. The van der Waals surface area contributed by atoms with Gasteiger partial charge in [0.05, 0.1) is 42.4 Å². The number of nitrogens with zero attached hydrogens (tertiary/aromatic N) is 3. The van der Waals surface area contributed by atoms with Crippen molar-refractivity contribution in [3.63, 3.8) is 0 Å². The highest BCUT2D eigenvalue weighted by molar-refractivity contribution is 6.30. The molecule has 0 saturated carbocycles. The first-order chi connectivity index (χ1) is 20.4. The lowest BCUT2D eigenvalue weighted by Gasteiger charge is -2.25. The molecule has 0 aliphatic rings. The number of aryl methyl sites for hydroxylation is 1. The smallest absolute Gasteiger partial charge is 0.346 e. The van der Waals surface area contributed by atoms with Crippen molar-refractivity contribution in [1.29, 1.82) is 0 Å². The maximum Gasteiger partial charge on any atom is 0.346 e. The van der Waals surface area contributed by atoms with Crippen LogP contribution in [0.15, 0.2) is 82.6 Å². The van der Waals surface area contributed by atoms with Crippen LogP contribution in [0.2, 0.25) is 5.02 Å². The quantitative estimate of drug-likeness (QED) is 0.211. The molecular weight excluding hydrogens is 566 g/mol. The molecule has 3 N–H and O–H groups in total. The molecule has 43 heavy (non-hydrogen) atoms. The molecule has 228 valence electrons. The van der Waals surface area contributed by atoms with E-state index in [1.165, 1.54) is 4.68 Å². The Bertz CT molecular complexity index is 1660. The van der Waals surface area contributed by atoms with E-state index in [2.05, 4.69) is 10.4 Å². The fourth-order valence-corrected chi connectivity index (χ4v) is 4.87. The number of carbonyl (C=O) groups excluding carboxylic acids is 1. The highest BCUT2D eigenvalue weighted by atomic mass is 35.5. The number of benzene rings is 3. The number of H-pyrrole nitrogens is 1. The number of hydrogen-bond donors (Lipinski definition) is 3. The van der Waals surface area contributed by atoms with Crippen molar-refractivity contribution in [3.05, 3.63) is 111 Å². The zero-order chi connectivity index (χ0) is 31.3. The molecule has 0 fully saturated rings. The van der Waals surface area contributed by atoms with Crippen molar-refractivity contribution in [2.24, 2.45) is 10.9 Å². The predicted molar refractivity (Wildman–Crippen MR) is 169 cm³/mol. The van der Waals surface area contributed by atoms with Crippen LogP contribution in [0.3, 0.4) is 0 Å². The average Bonchev–Trinajstić information content (AvgIpc) is 3.28. The second-order valence-corrected chi connectivity index (χ2v) is 11.6. The van der Waals surface area contributed by atoms with Gasteiger partial charge in [0.25, 0.3) is 0 Å². The lowest BCUT2D eigenvalue weighted by atomic mass is 10.00. The van der Waals surface area contributed by atoms with E-state index in [0.717, 1.165) is 16.9 Å². The van der Waals surface area contributed by atoms with E-state index in [1.54, 1.807) is 37.5 Å². The number of nitrogens with one attached hydrogen (secondary N) is 2. The Morgan fingerprint density at radius 1 is 1.02 bits per heavy atom. The number of aliphatic hydroxyl groups is 1. The minimum Gasteiger partial charge on any atom is -0.491 e. The second-order valence-electron chi connectivity index (χ2n) is 11.2. The van der Waals surface area contributed by atoms with Crippen molar-refractivity contribution in [2.45, 2.75) is 72.4 Å². The van der Waals surface area contributed by atoms with Gasteiger partial charge in [0.1, 0.15) is 5.75 Å². The van der Waals surface area contributed by atoms with Crippen molar-refractivity contribution >= 4 is 23.2 Å². The molecule has 1 heterocycles. The van der Waals surface area contributed by atoms with E-state index in [0.29, 0.717) is 21.9 Å². The van der Waals surface area contributed by atoms with E-state index in [4.69, 9.17) is 21.3 Å². The number of rotatable bonds is 11. The fourth-order valence-electron chi connectivity index (χ4n) is 4.74. The van der Waals surface area contributed by atoms with Gasteiger partial charge in [-0.15, -0.1) is 0 Å². The van der Waals surface area contributed by atoms with Crippen LogP contribution in [0.1, 0.15) is 63.5 Å². The first kappa shape index (κ1) is 31.8. The van der Waals surface area contributed by atoms with Crippen LogP contribution in [0.4, 0.5) is 5.69 Å². The number of amides is 1. The SMILES string of the molecule is Cc1cc(/N=c2\[nH]n([C@H](C)[C@@H](C)C(=O)N[C@H](C)[C@@H](O)c3ccccc3)c(=O)n2Cc2ccc(Cl)cc2)ccc1OC(C)C. The van der Waals surface area contributed by atoms with E-state index in [-0.39, 0.29) is 24.2 Å². The lowest BCUT2D eigenvalue weighted by Crippen LogP contribution is -2.43. The van der Waals surface area contributed by atoms with Crippen LogP contribution in [0.25, 0.3) is 0 Å². The summed E-state index contributed by atoms with van der Waals surface area (Å²) >= 11 is 6.08. The largest absolute Gasteiger partial charge is 0.491 e. The fraction of sp³-hybridized carbons (Fsp3) is 0.364. The Kier molecular flexibility index (Phi) is 10.3. The maximum absolute atomic E-state index is 13.8. The van der Waals surface area contributed by atoms with Crippen LogP contribution in [0, 0.1) is 12.8 Å². The summed E-state index contributed by atoms with van der Waals surface area (Å²) in [5.74, 6) is -0.113. The van der Waals surface area contributed by atoms with Crippen molar-refractivity contribution < 1.29 is 14.6 Å². The Hall–Kier alpha value is -4.08. The van der Waals surface area contributed by atoms with E-state index < -0.39 is 24.1 Å². The topological polar surface area (TPSA) is 114 Å². The van der Waals surface area contributed by atoms with E-state index in [9.17, 15) is 14.7 Å². The van der Waals surface area contributed by atoms with Crippen LogP contribution < -0.4 is 21.4 Å². The van der Waals surface area contributed by atoms with Crippen molar-refractivity contribution in [2.75, 3.05) is 0 Å². The third-order valence-electron chi connectivity index (χ3n) is 7.45. The summed E-state index contributed by atoms with van der Waals surface area (Å²) in [6.45, 7) is 11.5. The van der Waals surface area contributed by atoms with Gasteiger partial charge in [-0.2, -0.15) is 0 Å². The van der Waals surface area contributed by atoms with E-state index >= 15 is 0 Å². The molecular formula is C33H40ClN5O4. The van der Waals surface area contributed by atoms with Gasteiger partial charge in [0.15, 0.2) is 0 Å². The predicted octanol–water partition coefficient (Wildman–Crippen LogP) is 5.44. The van der Waals surface area contributed by atoms with Gasteiger partial charge < -0.3 is 15.2 Å². The van der Waals surface area contributed by atoms with Gasteiger partial charge in [0, 0.05) is 5.02 Å². The summed E-state index contributed by atoms with van der Waals surface area (Å²) < 4.78 is 8.83. The number of hydrogen-bond acceptors (Lipinski definition) is 5. The van der Waals surface area contributed by atoms with Crippen LogP contribution >= 0.6 is 11.6 Å². The molecule has 10 heteroatoms. The molecule has 1 amide bonds. The number of ether oxygens (including phenoxy) is 1. The van der Waals surface area contributed by atoms with Gasteiger partial charge in [-0.05, 0) is 81.6 Å². The summed E-state index contributed by atoms with van der Waals surface area (Å²) in [6.07, 6.45) is -0.827. The Labute approximate surface area is 256 Å². The van der Waals surface area contributed by atoms with Gasteiger partial charge >= 0.3 is 5.69 Å². The number of carbonyl (C=O) groups is 1. The number of aromatic nitrogens is 3. The molecule has 0 unspecified atom stereocenters. The molecule has 1 aromatic heterocycles. The molecule has 0 saturated heterocycles. The van der Waals surface area contributed by atoms with Crippen LogP contribution in [-0.4, -0.2) is 37.5 Å². The zero-order valence-electron chi connectivity index (χ0n) is 25.4. The monoisotopic (exact) mass is 605 g/mol. The molecule has 4 atom stereocenters.